The Balaban J connectivity index is 1.88. The minimum atomic E-state index is -0.722. The van der Waals surface area contributed by atoms with E-state index in [9.17, 15) is 9.90 Å². The predicted octanol–water partition coefficient (Wildman–Crippen LogP) is 2.12. The first kappa shape index (κ1) is 21.2. The Morgan fingerprint density at radius 3 is 2.66 bits per heavy atom. The number of anilines is 1. The van der Waals surface area contributed by atoms with E-state index in [1.165, 1.54) is 6.92 Å². The Hall–Kier alpha value is -2.51. The van der Waals surface area contributed by atoms with Crippen LogP contribution in [0, 0.1) is 6.92 Å². The van der Waals surface area contributed by atoms with Gasteiger partial charge in [-0.05, 0) is 51.8 Å². The topological polar surface area (TPSA) is 104 Å². The number of aliphatic imine (C=N–C) groups is 1. The van der Waals surface area contributed by atoms with E-state index in [2.05, 4.69) is 21.3 Å². The van der Waals surface area contributed by atoms with E-state index >= 15 is 0 Å². The molecule has 2 aromatic rings. The molecule has 0 aliphatic carbocycles. The maximum Gasteiger partial charge on any atom is 0.244 e. The van der Waals surface area contributed by atoms with Gasteiger partial charge in [0, 0.05) is 38.0 Å². The molecule has 0 unspecified atom stereocenters. The maximum atomic E-state index is 11.5. The zero-order chi connectivity index (χ0) is 21.2. The highest BCUT2D eigenvalue weighted by atomic mass is 16.3. The van der Waals surface area contributed by atoms with Crippen molar-refractivity contribution in [3.05, 3.63) is 35.4 Å². The number of aromatic nitrogens is 1. The van der Waals surface area contributed by atoms with Crippen LogP contribution in [0.3, 0.4) is 0 Å². The van der Waals surface area contributed by atoms with Crippen LogP contribution in [-0.2, 0) is 4.79 Å². The van der Waals surface area contributed by atoms with Gasteiger partial charge in [0.15, 0.2) is 0 Å². The molecule has 0 saturated carbocycles. The lowest BCUT2D eigenvalue weighted by atomic mass is 10.0. The van der Waals surface area contributed by atoms with E-state index in [0.29, 0.717) is 18.2 Å². The van der Waals surface area contributed by atoms with E-state index in [1.807, 2.05) is 25.1 Å². The first-order chi connectivity index (χ1) is 13.6. The molecule has 3 rings (SSSR count). The average molecular weight is 398 g/mol. The smallest absolute Gasteiger partial charge is 0.244 e. The minimum Gasteiger partial charge on any atom is -0.389 e. The molecule has 1 fully saturated rings. The monoisotopic (exact) mass is 397 g/mol. The van der Waals surface area contributed by atoms with Crippen LogP contribution in [0.1, 0.15) is 44.7 Å². The van der Waals surface area contributed by atoms with Crippen molar-refractivity contribution < 1.29 is 9.90 Å². The second-order valence-corrected chi connectivity index (χ2v) is 8.53. The number of rotatable bonds is 5. The third-order valence-electron chi connectivity index (χ3n) is 5.12. The molecule has 0 radical (unpaired) electrons. The summed E-state index contributed by atoms with van der Waals surface area (Å²) in [6.45, 7) is 9.23. The van der Waals surface area contributed by atoms with Crippen LogP contribution in [0.25, 0.3) is 10.9 Å². The van der Waals surface area contributed by atoms with Crippen LogP contribution >= 0.6 is 0 Å². The van der Waals surface area contributed by atoms with E-state index in [1.54, 1.807) is 13.8 Å². The lowest BCUT2D eigenvalue weighted by molar-refractivity contribution is -0.115. The van der Waals surface area contributed by atoms with Crippen molar-refractivity contribution in [3.8, 4) is 0 Å². The summed E-state index contributed by atoms with van der Waals surface area (Å²) in [5.41, 5.74) is 8.18. The van der Waals surface area contributed by atoms with Crippen molar-refractivity contribution in [2.45, 2.75) is 52.2 Å². The number of amidine groups is 1. The van der Waals surface area contributed by atoms with Gasteiger partial charge in [-0.1, -0.05) is 11.6 Å². The van der Waals surface area contributed by atoms with Gasteiger partial charge in [-0.3, -0.25) is 4.79 Å². The molecule has 1 aliphatic heterocycles. The molecule has 7 nitrogen and oxygen atoms in total. The fraction of sp³-hybridized carbons (Fsp3) is 0.500. The van der Waals surface area contributed by atoms with Crippen molar-refractivity contribution in [1.29, 1.82) is 0 Å². The Labute approximate surface area is 172 Å². The van der Waals surface area contributed by atoms with Crippen LogP contribution in [0.5, 0.6) is 0 Å². The predicted molar refractivity (Wildman–Crippen MR) is 117 cm³/mol. The highest BCUT2D eigenvalue weighted by Gasteiger charge is 2.25. The molecule has 1 aromatic carbocycles. The summed E-state index contributed by atoms with van der Waals surface area (Å²) in [4.78, 5) is 22.5. The highest BCUT2D eigenvalue weighted by Crippen LogP contribution is 2.27. The Morgan fingerprint density at radius 2 is 2.03 bits per heavy atom. The maximum absolute atomic E-state index is 11.5. The third kappa shape index (κ3) is 5.52. The number of nitrogens with zero attached hydrogens (tertiary/aromatic N) is 3. The van der Waals surface area contributed by atoms with E-state index in [0.717, 1.165) is 48.2 Å². The number of carbonyl (C=O) groups excluding carboxylic acids is 1. The number of amides is 1. The van der Waals surface area contributed by atoms with Crippen LogP contribution in [0.4, 0.5) is 5.82 Å². The molecule has 1 amide bonds. The highest BCUT2D eigenvalue weighted by molar-refractivity contribution is 6.08. The zero-order valence-electron chi connectivity index (χ0n) is 17.7. The molecule has 29 heavy (non-hydrogen) atoms. The molecular formula is C22H31N5O2. The molecule has 1 aromatic heterocycles. The Kier molecular flexibility index (Phi) is 6.19. The number of piperidine rings is 1. The summed E-state index contributed by atoms with van der Waals surface area (Å²) in [6, 6.07) is 8.44. The number of carbonyl (C=O) groups is 1. The van der Waals surface area contributed by atoms with Gasteiger partial charge in [0.2, 0.25) is 5.91 Å². The molecule has 156 valence electrons. The van der Waals surface area contributed by atoms with Gasteiger partial charge in [0.25, 0.3) is 0 Å². The molecule has 1 saturated heterocycles. The van der Waals surface area contributed by atoms with Crippen molar-refractivity contribution >= 4 is 28.5 Å². The van der Waals surface area contributed by atoms with Gasteiger partial charge < -0.3 is 21.1 Å². The number of aliphatic hydroxyl groups is 1. The number of fused-ring (bicyclic) bond motifs is 1. The van der Waals surface area contributed by atoms with Gasteiger partial charge in [0.1, 0.15) is 11.7 Å². The second-order valence-electron chi connectivity index (χ2n) is 8.53. The van der Waals surface area contributed by atoms with Gasteiger partial charge in [0.05, 0.1) is 16.7 Å². The minimum absolute atomic E-state index is 0.200. The summed E-state index contributed by atoms with van der Waals surface area (Å²) in [7, 11) is 0. The first-order valence-electron chi connectivity index (χ1n) is 10.1. The van der Waals surface area contributed by atoms with Crippen molar-refractivity contribution in [1.82, 2.24) is 10.3 Å². The summed E-state index contributed by atoms with van der Waals surface area (Å²) in [5.74, 6) is 0.641. The van der Waals surface area contributed by atoms with Crippen LogP contribution < -0.4 is 16.0 Å². The quantitative estimate of drug-likeness (QED) is 0.527. The molecular weight excluding hydrogens is 366 g/mol. The van der Waals surface area contributed by atoms with E-state index in [-0.39, 0.29) is 11.7 Å². The molecule has 1 aliphatic rings. The van der Waals surface area contributed by atoms with Gasteiger partial charge in [-0.2, -0.15) is 4.99 Å². The molecule has 0 atom stereocenters. The Morgan fingerprint density at radius 1 is 1.34 bits per heavy atom. The summed E-state index contributed by atoms with van der Waals surface area (Å²) in [6.07, 6.45) is 1.87. The van der Waals surface area contributed by atoms with Crippen molar-refractivity contribution in [2.75, 3.05) is 24.5 Å². The van der Waals surface area contributed by atoms with Crippen LogP contribution in [0.15, 0.2) is 29.3 Å². The summed E-state index contributed by atoms with van der Waals surface area (Å²) >= 11 is 0. The number of hydrogen-bond donors (Lipinski definition) is 3. The standard InChI is InChI=1S/C22H31N5O2/c1-14-5-6-19-16(11-14)12-18(20(23)25-15(2)28)21(26-19)27-9-7-17(8-10-27)24-13-22(3,4)29/h5-6,11-12,17,24,29H,7-10,13H2,1-4H3,(H2,23,25,28). The van der Waals surface area contributed by atoms with Gasteiger partial charge in [-0.25, -0.2) is 4.98 Å². The molecule has 4 N–H and O–H groups in total. The third-order valence-corrected chi connectivity index (χ3v) is 5.12. The molecule has 7 heteroatoms. The number of benzene rings is 1. The number of nitrogens with one attached hydrogen (secondary N) is 1. The lowest BCUT2D eigenvalue weighted by Crippen LogP contribution is -2.47. The SMILES string of the molecule is CC(=O)N=C(N)c1cc2cc(C)ccc2nc1N1CCC(NCC(C)(C)O)CC1. The van der Waals surface area contributed by atoms with Gasteiger partial charge >= 0.3 is 0 Å². The first-order valence-corrected chi connectivity index (χ1v) is 10.1. The number of pyridine rings is 1. The fourth-order valence-corrected chi connectivity index (χ4v) is 3.63. The number of aryl methyl sites for hydroxylation is 1. The van der Waals surface area contributed by atoms with Crippen LogP contribution in [-0.4, -0.2) is 53.1 Å². The summed E-state index contributed by atoms with van der Waals surface area (Å²) < 4.78 is 0. The molecule has 0 spiro atoms. The second kappa shape index (κ2) is 8.47. The molecule has 0 bridgehead atoms. The zero-order valence-corrected chi connectivity index (χ0v) is 17.7. The lowest BCUT2D eigenvalue weighted by Gasteiger charge is -2.35. The van der Waals surface area contributed by atoms with Crippen molar-refractivity contribution in [2.24, 2.45) is 10.7 Å². The largest absolute Gasteiger partial charge is 0.389 e. The van der Waals surface area contributed by atoms with Crippen molar-refractivity contribution in [3.63, 3.8) is 0 Å². The average Bonchev–Trinajstić information content (AvgIpc) is 2.64. The van der Waals surface area contributed by atoms with Crippen LogP contribution in [0.2, 0.25) is 0 Å². The normalized spacial score (nSPS) is 16.4. The van der Waals surface area contributed by atoms with Gasteiger partial charge in [-0.15, -0.1) is 0 Å². The number of hydrogen-bond acceptors (Lipinski definition) is 5. The molecule has 2 heterocycles. The fourth-order valence-electron chi connectivity index (χ4n) is 3.63. The summed E-state index contributed by atoms with van der Waals surface area (Å²) in [5, 5.41) is 14.4. The number of nitrogens with two attached hydrogens (primary N) is 1. The Bertz CT molecular complexity index is 925. The van der Waals surface area contributed by atoms with E-state index < -0.39 is 5.60 Å². The van der Waals surface area contributed by atoms with E-state index in [4.69, 9.17) is 10.7 Å².